The van der Waals surface area contributed by atoms with E-state index in [2.05, 4.69) is 5.32 Å². The molecule has 0 bridgehead atoms. The Balaban J connectivity index is 1.66. The van der Waals surface area contributed by atoms with Crippen LogP contribution in [0.5, 0.6) is 0 Å². The van der Waals surface area contributed by atoms with Gasteiger partial charge in [0, 0.05) is 31.6 Å². The van der Waals surface area contributed by atoms with Crippen LogP contribution in [0.15, 0.2) is 24.3 Å². The molecule has 0 radical (unpaired) electrons. The highest BCUT2D eigenvalue weighted by atomic mass is 16.2. The normalized spacial score (nSPS) is 13.9. The van der Waals surface area contributed by atoms with Gasteiger partial charge in [-0.2, -0.15) is 0 Å². The Kier molecular flexibility index (Phi) is 8.46. The molecule has 1 aliphatic heterocycles. The van der Waals surface area contributed by atoms with Crippen LogP contribution < -0.4 is 11.1 Å². The summed E-state index contributed by atoms with van der Waals surface area (Å²) >= 11 is 0. The van der Waals surface area contributed by atoms with Crippen molar-refractivity contribution in [1.82, 2.24) is 4.90 Å². The molecular weight excluding hydrogens is 314 g/mol. The molecule has 2 rings (SSSR count). The number of nitrogens with one attached hydrogen (secondary N) is 1. The smallest absolute Gasteiger partial charge is 0.224 e. The van der Waals surface area contributed by atoms with Gasteiger partial charge in [-0.3, -0.25) is 9.59 Å². The number of nitrogens with zero attached hydrogens (tertiary/aromatic N) is 1. The maximum Gasteiger partial charge on any atom is 0.224 e. The third kappa shape index (κ3) is 7.26. The zero-order valence-electron chi connectivity index (χ0n) is 15.1. The number of hydrogen-bond acceptors (Lipinski definition) is 3. The number of nitrogens with two attached hydrogens (primary N) is 1. The summed E-state index contributed by atoms with van der Waals surface area (Å²) < 4.78 is 0. The van der Waals surface area contributed by atoms with Gasteiger partial charge in [0.2, 0.25) is 11.8 Å². The fourth-order valence-electron chi connectivity index (χ4n) is 3.14. The first-order chi connectivity index (χ1) is 12.2. The minimum atomic E-state index is 0.0599. The van der Waals surface area contributed by atoms with E-state index in [0.717, 1.165) is 75.8 Å². The van der Waals surface area contributed by atoms with Gasteiger partial charge < -0.3 is 16.0 Å². The quantitative estimate of drug-likeness (QED) is 0.640. The number of anilines is 1. The van der Waals surface area contributed by atoms with E-state index in [1.165, 1.54) is 0 Å². The molecule has 5 heteroatoms. The molecule has 1 aliphatic rings. The van der Waals surface area contributed by atoms with Crippen LogP contribution in [0.3, 0.4) is 0 Å². The number of likely N-dealkylation sites (tertiary alicyclic amines) is 1. The molecule has 1 aromatic rings. The van der Waals surface area contributed by atoms with Crippen LogP contribution in [0, 0.1) is 0 Å². The van der Waals surface area contributed by atoms with Crippen LogP contribution in [0.1, 0.15) is 56.9 Å². The number of benzene rings is 1. The van der Waals surface area contributed by atoms with Gasteiger partial charge in [0.05, 0.1) is 0 Å². The van der Waals surface area contributed by atoms with Gasteiger partial charge in [0.15, 0.2) is 0 Å². The maximum atomic E-state index is 12.1. The van der Waals surface area contributed by atoms with Crippen molar-refractivity contribution in [3.05, 3.63) is 29.8 Å². The fourth-order valence-corrected chi connectivity index (χ4v) is 3.14. The summed E-state index contributed by atoms with van der Waals surface area (Å²) in [4.78, 5) is 25.9. The van der Waals surface area contributed by atoms with Crippen molar-refractivity contribution in [2.24, 2.45) is 5.73 Å². The molecule has 0 aliphatic carbocycles. The predicted molar refractivity (Wildman–Crippen MR) is 101 cm³/mol. The van der Waals surface area contributed by atoms with Crippen molar-refractivity contribution in [2.45, 2.75) is 57.8 Å². The zero-order valence-corrected chi connectivity index (χ0v) is 15.1. The molecule has 25 heavy (non-hydrogen) atoms. The number of carbonyl (C=O) groups excluding carboxylic acids is 2. The third-order valence-electron chi connectivity index (χ3n) is 4.68. The van der Waals surface area contributed by atoms with Gasteiger partial charge in [0.25, 0.3) is 0 Å². The van der Waals surface area contributed by atoms with Crippen molar-refractivity contribution in [1.29, 1.82) is 0 Å². The third-order valence-corrected chi connectivity index (χ3v) is 4.68. The van der Waals surface area contributed by atoms with Gasteiger partial charge in [-0.15, -0.1) is 0 Å². The van der Waals surface area contributed by atoms with E-state index >= 15 is 0 Å². The molecule has 1 aromatic carbocycles. The first-order valence-corrected chi connectivity index (χ1v) is 9.55. The molecule has 0 atom stereocenters. The molecule has 0 aromatic heterocycles. The number of unbranched alkanes of at least 4 members (excludes halogenated alkanes) is 3. The molecule has 1 fully saturated rings. The average Bonchev–Trinajstić information content (AvgIpc) is 3.15. The summed E-state index contributed by atoms with van der Waals surface area (Å²) in [6, 6.07) is 7.83. The highest BCUT2D eigenvalue weighted by Crippen LogP contribution is 2.14. The van der Waals surface area contributed by atoms with Crippen molar-refractivity contribution < 1.29 is 9.59 Å². The molecular formula is C20H31N3O2. The highest BCUT2D eigenvalue weighted by molar-refractivity contribution is 5.90. The minimum Gasteiger partial charge on any atom is -0.343 e. The van der Waals surface area contributed by atoms with Crippen LogP contribution in [-0.2, 0) is 16.0 Å². The molecule has 2 amide bonds. The largest absolute Gasteiger partial charge is 0.343 e. The molecule has 0 unspecified atom stereocenters. The minimum absolute atomic E-state index is 0.0599. The fraction of sp³-hybridized carbons (Fsp3) is 0.600. The lowest BCUT2D eigenvalue weighted by atomic mass is 10.1. The zero-order chi connectivity index (χ0) is 17.9. The first kappa shape index (κ1) is 19.4. The summed E-state index contributed by atoms with van der Waals surface area (Å²) in [6.07, 6.45) is 8.21. The summed E-state index contributed by atoms with van der Waals surface area (Å²) in [6.45, 7) is 2.55. The Morgan fingerprint density at radius 1 is 0.960 bits per heavy atom. The summed E-state index contributed by atoms with van der Waals surface area (Å²) in [5.74, 6) is 0.314. The Bertz CT molecular complexity index is 536. The van der Waals surface area contributed by atoms with E-state index in [1.54, 1.807) is 0 Å². The van der Waals surface area contributed by atoms with Crippen molar-refractivity contribution in [3.63, 3.8) is 0 Å². The van der Waals surface area contributed by atoms with E-state index in [-0.39, 0.29) is 11.8 Å². The van der Waals surface area contributed by atoms with E-state index in [1.807, 2.05) is 29.2 Å². The molecule has 5 nitrogen and oxygen atoms in total. The Morgan fingerprint density at radius 2 is 1.64 bits per heavy atom. The predicted octanol–water partition coefficient (Wildman–Crippen LogP) is 3.09. The second kappa shape index (κ2) is 10.9. The van der Waals surface area contributed by atoms with Crippen LogP contribution in [0.4, 0.5) is 5.69 Å². The maximum absolute atomic E-state index is 12.1. The van der Waals surface area contributed by atoms with Crippen LogP contribution in [-0.4, -0.2) is 36.3 Å². The lowest BCUT2D eigenvalue weighted by Crippen LogP contribution is -2.27. The number of carbonyl (C=O) groups is 2. The second-order valence-electron chi connectivity index (χ2n) is 6.79. The summed E-state index contributed by atoms with van der Waals surface area (Å²) in [5, 5.41) is 2.93. The van der Waals surface area contributed by atoms with E-state index < -0.39 is 0 Å². The van der Waals surface area contributed by atoms with Crippen LogP contribution in [0.2, 0.25) is 0 Å². The molecule has 0 saturated carbocycles. The Morgan fingerprint density at radius 3 is 2.32 bits per heavy atom. The monoisotopic (exact) mass is 345 g/mol. The Labute approximate surface area is 151 Å². The topological polar surface area (TPSA) is 75.4 Å². The molecule has 3 N–H and O–H groups in total. The van der Waals surface area contributed by atoms with Gasteiger partial charge in [-0.25, -0.2) is 0 Å². The van der Waals surface area contributed by atoms with Gasteiger partial charge in [-0.05, 0) is 56.3 Å². The second-order valence-corrected chi connectivity index (χ2v) is 6.79. The number of aryl methyl sites for hydroxylation is 1. The SMILES string of the molecule is NCCCCCCC(=O)Nc1ccc(CCC(=O)N2CCCC2)cc1. The average molecular weight is 345 g/mol. The molecule has 1 heterocycles. The van der Waals surface area contributed by atoms with Gasteiger partial charge in [0.1, 0.15) is 0 Å². The molecule has 138 valence electrons. The van der Waals surface area contributed by atoms with Crippen molar-refractivity contribution in [3.8, 4) is 0 Å². The van der Waals surface area contributed by atoms with Gasteiger partial charge >= 0.3 is 0 Å². The summed E-state index contributed by atoms with van der Waals surface area (Å²) in [5.41, 5.74) is 7.41. The van der Waals surface area contributed by atoms with Crippen LogP contribution in [0.25, 0.3) is 0 Å². The molecule has 1 saturated heterocycles. The lowest BCUT2D eigenvalue weighted by molar-refractivity contribution is -0.130. The number of hydrogen-bond donors (Lipinski definition) is 2. The van der Waals surface area contributed by atoms with E-state index in [9.17, 15) is 9.59 Å². The number of amides is 2. The van der Waals surface area contributed by atoms with Crippen molar-refractivity contribution in [2.75, 3.05) is 25.0 Å². The lowest BCUT2D eigenvalue weighted by Gasteiger charge is -2.15. The van der Waals surface area contributed by atoms with E-state index in [0.29, 0.717) is 12.8 Å². The number of rotatable bonds is 10. The standard InChI is InChI=1S/C20H31N3O2/c21-14-4-2-1-3-7-19(24)22-18-11-8-17(9-12-18)10-13-20(25)23-15-5-6-16-23/h8-9,11-12H,1-7,10,13-16,21H2,(H,22,24). The first-order valence-electron chi connectivity index (χ1n) is 9.55. The summed E-state index contributed by atoms with van der Waals surface area (Å²) in [7, 11) is 0. The van der Waals surface area contributed by atoms with Crippen LogP contribution >= 0.6 is 0 Å². The van der Waals surface area contributed by atoms with E-state index in [4.69, 9.17) is 5.73 Å². The van der Waals surface area contributed by atoms with Crippen molar-refractivity contribution >= 4 is 17.5 Å². The van der Waals surface area contributed by atoms with Gasteiger partial charge in [-0.1, -0.05) is 25.0 Å². The molecule has 0 spiro atoms. The Hall–Kier alpha value is -1.88. The highest BCUT2D eigenvalue weighted by Gasteiger charge is 2.17.